The molecule has 0 bridgehead atoms. The average molecular weight is 539 g/mol. The zero-order valence-corrected chi connectivity index (χ0v) is 25.0. The summed E-state index contributed by atoms with van der Waals surface area (Å²) in [6.45, 7) is 7.52. The Hall–Kier alpha value is -1.00. The highest BCUT2D eigenvalue weighted by atomic mass is 31.2. The van der Waals surface area contributed by atoms with Crippen LogP contribution >= 0.6 is 7.60 Å². The van der Waals surface area contributed by atoms with E-state index >= 15 is 0 Å². The quantitative estimate of drug-likeness (QED) is 0.0667. The average Bonchev–Trinajstić information content (AvgIpc) is 2.90. The second-order valence-corrected chi connectivity index (χ2v) is 12.2. The molecule has 0 saturated carbocycles. The van der Waals surface area contributed by atoms with Gasteiger partial charge in [-0.25, -0.2) is 0 Å². The van der Waals surface area contributed by atoms with Crippen molar-refractivity contribution >= 4 is 13.4 Å². The van der Waals surface area contributed by atoms with Crippen LogP contribution in [0.15, 0.2) is 30.3 Å². The predicted octanol–water partition coefficient (Wildman–Crippen LogP) is 9.64. The van der Waals surface area contributed by atoms with Crippen molar-refractivity contribution in [1.82, 2.24) is 0 Å². The Morgan fingerprint density at radius 1 is 0.730 bits per heavy atom. The lowest BCUT2D eigenvalue weighted by Gasteiger charge is -2.21. The van der Waals surface area contributed by atoms with Crippen molar-refractivity contribution in [3.63, 3.8) is 0 Å². The maximum atomic E-state index is 13.1. The van der Waals surface area contributed by atoms with Gasteiger partial charge in [-0.15, -0.1) is 0 Å². The fourth-order valence-corrected chi connectivity index (χ4v) is 6.37. The van der Waals surface area contributed by atoms with Crippen LogP contribution in [0.1, 0.15) is 127 Å². The number of rotatable bonds is 26. The summed E-state index contributed by atoms with van der Waals surface area (Å²) in [7, 11) is -3.19. The molecule has 0 fully saturated rings. The SMILES string of the molecule is CCCCCCCCCCCCCCCCOC[C@@H](CCP(=O)(OCC)OCC)C(=O)c1ccccc1. The van der Waals surface area contributed by atoms with Crippen LogP contribution in [0.3, 0.4) is 0 Å². The molecule has 5 nitrogen and oxygen atoms in total. The first kappa shape index (κ1) is 34.0. The third-order valence-electron chi connectivity index (χ3n) is 6.79. The van der Waals surface area contributed by atoms with E-state index in [0.717, 1.165) is 6.42 Å². The van der Waals surface area contributed by atoms with Gasteiger partial charge >= 0.3 is 7.60 Å². The van der Waals surface area contributed by atoms with E-state index in [4.69, 9.17) is 13.8 Å². The highest BCUT2D eigenvalue weighted by Crippen LogP contribution is 2.49. The van der Waals surface area contributed by atoms with Gasteiger partial charge in [0, 0.05) is 18.1 Å². The summed E-state index contributed by atoms with van der Waals surface area (Å²) < 4.78 is 29.7. The molecule has 0 heterocycles. The lowest BCUT2D eigenvalue weighted by Crippen LogP contribution is -2.22. The van der Waals surface area contributed by atoms with Gasteiger partial charge in [-0.2, -0.15) is 0 Å². The zero-order chi connectivity index (χ0) is 27.0. The van der Waals surface area contributed by atoms with Crippen molar-refractivity contribution in [3.05, 3.63) is 35.9 Å². The molecule has 37 heavy (non-hydrogen) atoms. The molecule has 1 aromatic carbocycles. The number of hydrogen-bond donors (Lipinski definition) is 0. The number of ether oxygens (including phenoxy) is 1. The molecule has 1 atom stereocenters. The smallest absolute Gasteiger partial charge is 0.330 e. The Bertz CT molecular complexity index is 699. The molecule has 0 aliphatic carbocycles. The van der Waals surface area contributed by atoms with Crippen LogP contribution < -0.4 is 0 Å². The van der Waals surface area contributed by atoms with Gasteiger partial charge in [0.25, 0.3) is 0 Å². The van der Waals surface area contributed by atoms with Gasteiger partial charge < -0.3 is 13.8 Å². The van der Waals surface area contributed by atoms with Crippen molar-refractivity contribution in [3.8, 4) is 0 Å². The highest BCUT2D eigenvalue weighted by Gasteiger charge is 2.28. The maximum Gasteiger partial charge on any atom is 0.330 e. The van der Waals surface area contributed by atoms with E-state index < -0.39 is 7.60 Å². The Morgan fingerprint density at radius 3 is 1.70 bits per heavy atom. The summed E-state index contributed by atoms with van der Waals surface area (Å²) in [4.78, 5) is 13.1. The Morgan fingerprint density at radius 2 is 1.22 bits per heavy atom. The summed E-state index contributed by atoms with van der Waals surface area (Å²) in [6, 6.07) is 9.29. The Kier molecular flexibility index (Phi) is 21.1. The van der Waals surface area contributed by atoms with Gasteiger partial charge in [-0.3, -0.25) is 9.36 Å². The molecule has 0 spiro atoms. The van der Waals surface area contributed by atoms with Gasteiger partial charge in [0.05, 0.1) is 26.0 Å². The number of hydrogen-bond acceptors (Lipinski definition) is 5. The van der Waals surface area contributed by atoms with Gasteiger partial charge in [-0.05, 0) is 26.7 Å². The zero-order valence-electron chi connectivity index (χ0n) is 24.1. The van der Waals surface area contributed by atoms with Gasteiger partial charge in [0.2, 0.25) is 0 Å². The van der Waals surface area contributed by atoms with Crippen LogP contribution in [-0.2, 0) is 18.3 Å². The van der Waals surface area contributed by atoms with Crippen molar-refractivity contribution in [2.45, 2.75) is 117 Å². The van der Waals surface area contributed by atoms with Crippen LogP contribution in [0.25, 0.3) is 0 Å². The molecular formula is C31H55O5P. The van der Waals surface area contributed by atoms with E-state index in [1.54, 1.807) is 13.8 Å². The summed E-state index contributed by atoms with van der Waals surface area (Å²) in [5, 5.41) is 0. The number of Topliss-reactive ketones (excluding diaryl/α,β-unsaturated/α-hetero) is 1. The second kappa shape index (κ2) is 22.9. The van der Waals surface area contributed by atoms with Crippen LogP contribution in [0, 0.1) is 5.92 Å². The molecule has 0 aliphatic heterocycles. The first-order valence-electron chi connectivity index (χ1n) is 15.1. The molecule has 0 unspecified atom stereocenters. The Labute approximate surface area is 228 Å². The first-order valence-corrected chi connectivity index (χ1v) is 16.8. The summed E-state index contributed by atoms with van der Waals surface area (Å²) in [5.74, 6) is -0.329. The third kappa shape index (κ3) is 17.3. The minimum atomic E-state index is -3.19. The molecular weight excluding hydrogens is 483 g/mol. The molecule has 0 radical (unpaired) electrons. The van der Waals surface area contributed by atoms with Gasteiger partial charge in [-0.1, -0.05) is 121 Å². The second-order valence-electron chi connectivity index (χ2n) is 10.1. The first-order chi connectivity index (χ1) is 18.1. The van der Waals surface area contributed by atoms with E-state index in [9.17, 15) is 9.36 Å². The largest absolute Gasteiger partial charge is 0.381 e. The molecule has 0 aromatic heterocycles. The van der Waals surface area contributed by atoms with Crippen LogP contribution in [0.2, 0.25) is 0 Å². The monoisotopic (exact) mass is 538 g/mol. The molecule has 0 N–H and O–H groups in total. The van der Waals surface area contributed by atoms with Gasteiger partial charge in [0.15, 0.2) is 5.78 Å². The van der Waals surface area contributed by atoms with Gasteiger partial charge in [0.1, 0.15) is 0 Å². The Balaban J connectivity index is 2.25. The van der Waals surface area contributed by atoms with Crippen molar-refractivity contribution in [1.29, 1.82) is 0 Å². The fraction of sp³-hybridized carbons (Fsp3) is 0.774. The molecule has 0 amide bonds. The lowest BCUT2D eigenvalue weighted by atomic mass is 9.96. The van der Waals surface area contributed by atoms with Crippen molar-refractivity contribution in [2.75, 3.05) is 32.6 Å². The maximum absolute atomic E-state index is 13.1. The van der Waals surface area contributed by atoms with E-state index in [2.05, 4.69) is 6.92 Å². The summed E-state index contributed by atoms with van der Waals surface area (Å²) >= 11 is 0. The van der Waals surface area contributed by atoms with E-state index in [-0.39, 0.29) is 17.9 Å². The van der Waals surface area contributed by atoms with Crippen LogP contribution in [-0.4, -0.2) is 38.4 Å². The van der Waals surface area contributed by atoms with Crippen molar-refractivity contribution in [2.24, 2.45) is 5.92 Å². The predicted molar refractivity (Wildman–Crippen MR) is 156 cm³/mol. The standard InChI is InChI=1S/C31H55O5P/c1-4-7-8-9-10-11-12-13-14-15-16-17-18-22-26-34-28-30(31(32)29-23-20-19-21-24-29)25-27-37(33,35-5-2)36-6-3/h19-21,23-24,30H,4-18,22,25-28H2,1-3H3/t30-/m1/s1. The normalized spacial score (nSPS) is 12.6. The summed E-state index contributed by atoms with van der Waals surface area (Å²) in [5.41, 5.74) is 0.662. The third-order valence-corrected chi connectivity index (χ3v) is 8.90. The van der Waals surface area contributed by atoms with Crippen molar-refractivity contribution < 1.29 is 23.1 Å². The number of ketones is 1. The molecule has 214 valence electrons. The van der Waals surface area contributed by atoms with Crippen LogP contribution in [0.4, 0.5) is 0 Å². The molecule has 0 saturated heterocycles. The molecule has 6 heteroatoms. The fourth-order valence-electron chi connectivity index (χ4n) is 4.63. The van der Waals surface area contributed by atoms with E-state index in [1.165, 1.54) is 83.5 Å². The topological polar surface area (TPSA) is 61.8 Å². The molecule has 1 aromatic rings. The minimum absolute atomic E-state index is 0.0288. The van der Waals surface area contributed by atoms with E-state index in [1.807, 2.05) is 30.3 Å². The molecule has 0 aliphatic rings. The van der Waals surface area contributed by atoms with Crippen LogP contribution in [0.5, 0.6) is 0 Å². The summed E-state index contributed by atoms with van der Waals surface area (Å²) in [6.07, 6.45) is 19.2. The number of carbonyl (C=O) groups excluding carboxylic acids is 1. The van der Waals surface area contributed by atoms with E-state index in [0.29, 0.717) is 38.4 Å². The highest BCUT2D eigenvalue weighted by molar-refractivity contribution is 7.53. The number of carbonyl (C=O) groups is 1. The number of unbranched alkanes of at least 4 members (excludes halogenated alkanes) is 13. The molecule has 1 rings (SSSR count). The lowest BCUT2D eigenvalue weighted by molar-refractivity contribution is 0.0683. The minimum Gasteiger partial charge on any atom is -0.381 e. The number of benzene rings is 1.